The van der Waals surface area contributed by atoms with Gasteiger partial charge in [0.15, 0.2) is 0 Å². The molecule has 0 heterocycles. The second kappa shape index (κ2) is 1.99. The molecule has 4 atom stereocenters. The summed E-state index contributed by atoms with van der Waals surface area (Å²) >= 11 is 0. The molecule has 0 aliphatic heterocycles. The number of hydrogen-bond donors (Lipinski definition) is 2. The maximum absolute atomic E-state index is 9.69. The molecule has 0 aromatic carbocycles. The van der Waals surface area contributed by atoms with Crippen molar-refractivity contribution >= 4 is 0 Å². The van der Waals surface area contributed by atoms with Crippen LogP contribution in [-0.2, 0) is 0 Å². The van der Waals surface area contributed by atoms with E-state index >= 15 is 0 Å². The van der Waals surface area contributed by atoms with Crippen LogP contribution < -0.4 is 5.73 Å². The summed E-state index contributed by atoms with van der Waals surface area (Å²) in [7, 11) is 0. The van der Waals surface area contributed by atoms with Gasteiger partial charge >= 0.3 is 0 Å². The Morgan fingerprint density at radius 2 is 2.00 bits per heavy atom. The maximum Gasteiger partial charge on any atom is 0.0724 e. The van der Waals surface area contributed by atoms with E-state index in [1.165, 1.54) is 6.42 Å². The van der Waals surface area contributed by atoms with Gasteiger partial charge in [0, 0.05) is 6.04 Å². The zero-order chi connectivity index (χ0) is 8.22. The smallest absolute Gasteiger partial charge is 0.0724 e. The van der Waals surface area contributed by atoms with Gasteiger partial charge in [-0.1, -0.05) is 13.8 Å². The van der Waals surface area contributed by atoms with Gasteiger partial charge in [0.2, 0.25) is 0 Å². The van der Waals surface area contributed by atoms with Gasteiger partial charge in [-0.25, -0.2) is 0 Å². The average Bonchev–Trinajstić information content (AvgIpc) is 1.93. The highest BCUT2D eigenvalue weighted by Crippen LogP contribution is 2.58. The number of fused-ring (bicyclic) bond motifs is 2. The Labute approximate surface area is 67.8 Å². The highest BCUT2D eigenvalue weighted by molar-refractivity contribution is 5.07. The molecule has 0 aromatic rings. The third-order valence-corrected chi connectivity index (χ3v) is 3.95. The molecule has 11 heavy (non-hydrogen) atoms. The van der Waals surface area contributed by atoms with Crippen molar-refractivity contribution in [2.24, 2.45) is 23.0 Å². The molecule has 3 aliphatic carbocycles. The van der Waals surface area contributed by atoms with E-state index in [0.29, 0.717) is 11.3 Å². The second-order valence-electron chi connectivity index (χ2n) is 4.75. The van der Waals surface area contributed by atoms with Crippen LogP contribution in [-0.4, -0.2) is 17.3 Å². The minimum atomic E-state index is -0.241. The van der Waals surface area contributed by atoms with Crippen molar-refractivity contribution in [3.63, 3.8) is 0 Å². The Hall–Kier alpha value is -0.0800. The summed E-state index contributed by atoms with van der Waals surface area (Å²) in [6, 6.07) is 0.0479. The van der Waals surface area contributed by atoms with Crippen molar-refractivity contribution in [1.82, 2.24) is 0 Å². The molecule has 0 aromatic heterocycles. The van der Waals surface area contributed by atoms with Crippen molar-refractivity contribution in [2.75, 3.05) is 0 Å². The van der Waals surface area contributed by atoms with Crippen LogP contribution >= 0.6 is 0 Å². The van der Waals surface area contributed by atoms with Gasteiger partial charge in [-0.15, -0.1) is 0 Å². The number of hydrogen-bond acceptors (Lipinski definition) is 2. The van der Waals surface area contributed by atoms with E-state index < -0.39 is 0 Å². The molecule has 2 nitrogen and oxygen atoms in total. The van der Waals surface area contributed by atoms with Crippen LogP contribution in [0.5, 0.6) is 0 Å². The van der Waals surface area contributed by atoms with E-state index in [2.05, 4.69) is 13.8 Å². The predicted molar refractivity (Wildman–Crippen MR) is 44.0 cm³/mol. The van der Waals surface area contributed by atoms with Gasteiger partial charge in [-0.05, 0) is 30.1 Å². The minimum absolute atomic E-state index is 0.0479. The average molecular weight is 155 g/mol. The van der Waals surface area contributed by atoms with Crippen molar-refractivity contribution in [3.8, 4) is 0 Å². The Balaban J connectivity index is 2.17. The first-order chi connectivity index (χ1) is 5.03. The normalized spacial score (nSPS) is 53.5. The van der Waals surface area contributed by atoms with Crippen LogP contribution in [0.15, 0.2) is 0 Å². The van der Waals surface area contributed by atoms with Crippen LogP contribution in [0.4, 0.5) is 0 Å². The van der Waals surface area contributed by atoms with Gasteiger partial charge < -0.3 is 10.8 Å². The van der Waals surface area contributed by atoms with Crippen LogP contribution in [0.2, 0.25) is 0 Å². The number of aliphatic hydroxyl groups is 1. The van der Waals surface area contributed by atoms with Crippen LogP contribution in [0, 0.1) is 17.3 Å². The summed E-state index contributed by atoms with van der Waals surface area (Å²) in [5.41, 5.74) is 6.13. The van der Waals surface area contributed by atoms with Crippen molar-refractivity contribution < 1.29 is 5.11 Å². The Morgan fingerprint density at radius 1 is 1.36 bits per heavy atom. The lowest BCUT2D eigenvalue weighted by atomic mass is 9.47. The first-order valence-electron chi connectivity index (χ1n) is 4.47. The summed E-state index contributed by atoms with van der Waals surface area (Å²) in [4.78, 5) is 0. The zero-order valence-corrected chi connectivity index (χ0v) is 7.25. The first-order valence-corrected chi connectivity index (χ1v) is 4.47. The Morgan fingerprint density at radius 3 is 2.36 bits per heavy atom. The lowest BCUT2D eigenvalue weighted by Gasteiger charge is -2.60. The van der Waals surface area contributed by atoms with Gasteiger partial charge in [-0.3, -0.25) is 0 Å². The van der Waals surface area contributed by atoms with Crippen LogP contribution in [0.25, 0.3) is 0 Å². The van der Waals surface area contributed by atoms with Gasteiger partial charge in [-0.2, -0.15) is 0 Å². The minimum Gasteiger partial charge on any atom is -0.391 e. The molecule has 3 aliphatic rings. The first kappa shape index (κ1) is 7.56. The fourth-order valence-corrected chi connectivity index (χ4v) is 2.80. The summed E-state index contributed by atoms with van der Waals surface area (Å²) < 4.78 is 0. The monoisotopic (exact) mass is 155 g/mol. The third kappa shape index (κ3) is 0.798. The number of aliphatic hydroxyl groups excluding tert-OH is 1. The van der Waals surface area contributed by atoms with E-state index in [1.807, 2.05) is 0 Å². The fourth-order valence-electron chi connectivity index (χ4n) is 2.80. The molecule has 0 spiro atoms. The largest absolute Gasteiger partial charge is 0.391 e. The van der Waals surface area contributed by atoms with E-state index in [0.717, 1.165) is 12.3 Å². The van der Waals surface area contributed by atoms with Gasteiger partial charge in [0.05, 0.1) is 6.10 Å². The highest BCUT2D eigenvalue weighted by Gasteiger charge is 2.56. The number of nitrogens with two attached hydrogens (primary N) is 1. The van der Waals surface area contributed by atoms with Crippen LogP contribution in [0.1, 0.15) is 26.7 Å². The maximum atomic E-state index is 9.69. The second-order valence-corrected chi connectivity index (χ2v) is 4.75. The lowest BCUT2D eigenvalue weighted by Crippen LogP contribution is -2.62. The van der Waals surface area contributed by atoms with E-state index in [4.69, 9.17) is 5.73 Å². The standard InChI is InChI=1S/C9H17NO/c1-9(2)5-3-6(9)8(11)7(10)4-5/h5-8,11H,3-4,10H2,1-2H3/t5-,6+,7-,8+/m1/s1. The molecule has 3 fully saturated rings. The van der Waals surface area contributed by atoms with Crippen LogP contribution in [0.3, 0.4) is 0 Å². The summed E-state index contributed by atoms with van der Waals surface area (Å²) in [6.07, 6.45) is 1.97. The topological polar surface area (TPSA) is 46.2 Å². The van der Waals surface area contributed by atoms with Crippen molar-refractivity contribution in [2.45, 2.75) is 38.8 Å². The molecule has 0 radical (unpaired) electrons. The lowest BCUT2D eigenvalue weighted by molar-refractivity contribution is -0.149. The molecule has 3 rings (SSSR count). The fraction of sp³-hybridized carbons (Fsp3) is 1.00. The molecule has 0 saturated heterocycles. The SMILES string of the molecule is CC1(C)[C@H]2C[C@@H](N)[C@@H](O)[C@@H]1C2. The molecule has 3 saturated carbocycles. The zero-order valence-electron chi connectivity index (χ0n) is 7.25. The Bertz CT molecular complexity index is 178. The molecule has 2 bridgehead atoms. The van der Waals surface area contributed by atoms with Crippen molar-refractivity contribution in [3.05, 3.63) is 0 Å². The van der Waals surface area contributed by atoms with Gasteiger partial charge in [0.1, 0.15) is 0 Å². The Kier molecular flexibility index (Phi) is 1.37. The quantitative estimate of drug-likeness (QED) is 0.542. The summed E-state index contributed by atoms with van der Waals surface area (Å²) in [5, 5.41) is 9.69. The highest BCUT2D eigenvalue weighted by atomic mass is 16.3. The summed E-state index contributed by atoms with van der Waals surface area (Å²) in [6.45, 7) is 4.50. The molecule has 0 amide bonds. The molecule has 2 heteroatoms. The third-order valence-electron chi connectivity index (χ3n) is 3.95. The molecule has 0 unspecified atom stereocenters. The number of rotatable bonds is 0. The van der Waals surface area contributed by atoms with Gasteiger partial charge in [0.25, 0.3) is 0 Å². The predicted octanol–water partition coefficient (Wildman–Crippen LogP) is 0.741. The molecule has 64 valence electrons. The van der Waals surface area contributed by atoms with E-state index in [9.17, 15) is 5.11 Å². The summed E-state index contributed by atoms with van der Waals surface area (Å²) in [5.74, 6) is 1.24. The van der Waals surface area contributed by atoms with E-state index in [-0.39, 0.29) is 12.1 Å². The molecule has 3 N–H and O–H groups in total. The molecular formula is C9H17NO. The molecular weight excluding hydrogens is 138 g/mol. The van der Waals surface area contributed by atoms with E-state index in [1.54, 1.807) is 0 Å². The van der Waals surface area contributed by atoms with Crippen molar-refractivity contribution in [1.29, 1.82) is 0 Å².